The normalized spacial score (nSPS) is 16.7. The number of carbonyl (C=O) groups is 1. The molecule has 36 heavy (non-hydrogen) atoms. The van der Waals surface area contributed by atoms with E-state index in [4.69, 9.17) is 10.7 Å². The highest BCUT2D eigenvalue weighted by atomic mass is 32.1. The van der Waals surface area contributed by atoms with Gasteiger partial charge in [0.2, 0.25) is 0 Å². The average molecular weight is 513 g/mol. The van der Waals surface area contributed by atoms with Crippen LogP contribution in [0.15, 0.2) is 30.3 Å². The van der Waals surface area contributed by atoms with Crippen LogP contribution in [0.25, 0.3) is 20.7 Å². The predicted molar refractivity (Wildman–Crippen MR) is 149 cm³/mol. The van der Waals surface area contributed by atoms with Gasteiger partial charge in [0.25, 0.3) is 5.91 Å². The lowest BCUT2D eigenvalue weighted by Crippen LogP contribution is -2.27. The standard InChI is InChI=1S/C29H28N4OS2/c1-29(2,3)17-9-11-22-16(12-17)13-20-23(31)25(36-27(20)32-22)26(34)33-28-21(14-30)19-10-8-15-6-4-5-7-18(15)24(19)35-28/h4-7,13,17H,8-12,31H2,1-3H3,(H,33,34). The molecule has 1 amide bonds. The summed E-state index contributed by atoms with van der Waals surface area (Å²) >= 11 is 2.82. The number of nitrogens with two attached hydrogens (primary N) is 1. The van der Waals surface area contributed by atoms with Crippen molar-refractivity contribution >= 4 is 49.5 Å². The Kier molecular flexibility index (Phi) is 5.43. The third kappa shape index (κ3) is 3.71. The van der Waals surface area contributed by atoms with Gasteiger partial charge in [-0.05, 0) is 71.8 Å². The molecule has 0 radical (unpaired) electrons. The first-order valence-electron chi connectivity index (χ1n) is 12.4. The summed E-state index contributed by atoms with van der Waals surface area (Å²) in [7, 11) is 0. The van der Waals surface area contributed by atoms with Gasteiger partial charge in [-0.15, -0.1) is 22.7 Å². The number of amides is 1. The maximum Gasteiger partial charge on any atom is 0.268 e. The minimum absolute atomic E-state index is 0.247. The Balaban J connectivity index is 1.34. The number of carbonyl (C=O) groups excluding carboxylic acids is 1. The average Bonchev–Trinajstić information content (AvgIpc) is 3.38. The summed E-state index contributed by atoms with van der Waals surface area (Å²) in [6.07, 6.45) is 4.79. The Hall–Kier alpha value is -3.21. The lowest BCUT2D eigenvalue weighted by atomic mass is 9.71. The Bertz CT molecular complexity index is 1580. The molecule has 0 aliphatic heterocycles. The second-order valence-electron chi connectivity index (χ2n) is 10.9. The number of hydrogen-bond acceptors (Lipinski definition) is 6. The van der Waals surface area contributed by atoms with E-state index in [0.717, 1.165) is 64.0 Å². The molecule has 0 spiro atoms. The van der Waals surface area contributed by atoms with Crippen molar-refractivity contribution in [3.63, 3.8) is 0 Å². The predicted octanol–water partition coefficient (Wildman–Crippen LogP) is 6.98. The molecule has 2 aliphatic rings. The second-order valence-corrected chi connectivity index (χ2v) is 13.0. The number of anilines is 2. The molecule has 0 bridgehead atoms. The summed E-state index contributed by atoms with van der Waals surface area (Å²) in [4.78, 5) is 20.7. The van der Waals surface area contributed by atoms with Crippen LogP contribution in [0.3, 0.4) is 0 Å². The highest BCUT2D eigenvalue weighted by Crippen LogP contribution is 2.45. The topological polar surface area (TPSA) is 91.8 Å². The maximum atomic E-state index is 13.4. The van der Waals surface area contributed by atoms with Gasteiger partial charge in [-0.3, -0.25) is 4.79 Å². The Labute approximate surface area is 219 Å². The van der Waals surface area contributed by atoms with Crippen LogP contribution < -0.4 is 11.1 Å². The zero-order chi connectivity index (χ0) is 25.2. The minimum Gasteiger partial charge on any atom is -0.397 e. The van der Waals surface area contributed by atoms with E-state index in [-0.39, 0.29) is 11.3 Å². The van der Waals surface area contributed by atoms with Crippen LogP contribution in [0, 0.1) is 22.7 Å². The number of fused-ring (bicyclic) bond motifs is 5. The molecule has 0 fully saturated rings. The van der Waals surface area contributed by atoms with Crippen LogP contribution in [0.5, 0.6) is 0 Å². The van der Waals surface area contributed by atoms with Crippen molar-refractivity contribution in [3.8, 4) is 16.5 Å². The van der Waals surface area contributed by atoms with E-state index in [1.807, 2.05) is 12.1 Å². The van der Waals surface area contributed by atoms with Crippen molar-refractivity contribution in [2.45, 2.75) is 52.9 Å². The Morgan fingerprint density at radius 3 is 2.75 bits per heavy atom. The van der Waals surface area contributed by atoms with Crippen molar-refractivity contribution in [1.82, 2.24) is 4.98 Å². The van der Waals surface area contributed by atoms with E-state index in [1.54, 1.807) is 0 Å². The third-order valence-electron chi connectivity index (χ3n) is 7.77. The summed E-state index contributed by atoms with van der Waals surface area (Å²) in [6, 6.07) is 12.8. The van der Waals surface area contributed by atoms with E-state index in [9.17, 15) is 10.1 Å². The fraction of sp³-hybridized carbons (Fsp3) is 0.345. The number of benzene rings is 1. The quantitative estimate of drug-likeness (QED) is 0.303. The summed E-state index contributed by atoms with van der Waals surface area (Å²) < 4.78 is 0. The van der Waals surface area contributed by atoms with Crippen molar-refractivity contribution in [2.24, 2.45) is 11.3 Å². The van der Waals surface area contributed by atoms with E-state index < -0.39 is 0 Å². The maximum absolute atomic E-state index is 13.4. The molecule has 0 saturated heterocycles. The van der Waals surface area contributed by atoms with Crippen LogP contribution in [0.4, 0.5) is 10.7 Å². The van der Waals surface area contributed by atoms with Crippen LogP contribution >= 0.6 is 22.7 Å². The number of thiophene rings is 2. The lowest BCUT2D eigenvalue weighted by Gasteiger charge is -2.34. The van der Waals surface area contributed by atoms with Crippen molar-refractivity contribution < 1.29 is 4.79 Å². The summed E-state index contributed by atoms with van der Waals surface area (Å²) in [5.74, 6) is 0.329. The number of nitrogen functional groups attached to an aromatic ring is 1. The number of nitrogens with zero attached hydrogens (tertiary/aromatic N) is 2. The molecular weight excluding hydrogens is 484 g/mol. The molecule has 3 N–H and O–H groups in total. The first-order valence-corrected chi connectivity index (χ1v) is 14.0. The zero-order valence-corrected chi connectivity index (χ0v) is 22.3. The first kappa shape index (κ1) is 23.2. The number of hydrogen-bond donors (Lipinski definition) is 2. The molecule has 0 saturated carbocycles. The summed E-state index contributed by atoms with van der Waals surface area (Å²) in [5, 5.41) is 14.4. The van der Waals surface area contributed by atoms with E-state index in [1.165, 1.54) is 33.8 Å². The molecule has 4 aromatic rings. The van der Waals surface area contributed by atoms with Gasteiger partial charge in [-0.25, -0.2) is 4.98 Å². The Morgan fingerprint density at radius 1 is 1.17 bits per heavy atom. The molecule has 1 atom stereocenters. The van der Waals surface area contributed by atoms with Gasteiger partial charge in [0.15, 0.2) is 0 Å². The molecule has 3 heterocycles. The number of nitrogens with one attached hydrogen (secondary N) is 1. The monoisotopic (exact) mass is 512 g/mol. The fourth-order valence-corrected chi connectivity index (χ4v) is 7.85. The third-order valence-corrected chi connectivity index (χ3v) is 10.1. The van der Waals surface area contributed by atoms with Gasteiger partial charge in [0, 0.05) is 16.0 Å². The van der Waals surface area contributed by atoms with E-state index in [2.05, 4.69) is 50.4 Å². The number of aryl methyl sites for hydroxylation is 2. The van der Waals surface area contributed by atoms with Gasteiger partial charge in [-0.1, -0.05) is 45.0 Å². The number of pyridine rings is 1. The van der Waals surface area contributed by atoms with Crippen LogP contribution in [0.2, 0.25) is 0 Å². The smallest absolute Gasteiger partial charge is 0.268 e. The molecule has 6 rings (SSSR count). The molecule has 182 valence electrons. The molecular formula is C29H28N4OS2. The van der Waals surface area contributed by atoms with Crippen molar-refractivity contribution in [3.05, 3.63) is 63.2 Å². The van der Waals surface area contributed by atoms with E-state index in [0.29, 0.717) is 27.0 Å². The number of aromatic nitrogens is 1. The highest BCUT2D eigenvalue weighted by molar-refractivity contribution is 7.22. The molecule has 1 unspecified atom stereocenters. The lowest BCUT2D eigenvalue weighted by molar-refractivity contribution is 0.103. The minimum atomic E-state index is -0.274. The van der Waals surface area contributed by atoms with Gasteiger partial charge in [0.1, 0.15) is 20.8 Å². The van der Waals surface area contributed by atoms with Crippen LogP contribution in [-0.4, -0.2) is 10.9 Å². The van der Waals surface area contributed by atoms with Crippen LogP contribution in [0.1, 0.15) is 64.8 Å². The van der Waals surface area contributed by atoms with Crippen molar-refractivity contribution in [1.29, 1.82) is 5.26 Å². The highest BCUT2D eigenvalue weighted by Gasteiger charge is 2.31. The first-order chi connectivity index (χ1) is 17.2. The van der Waals surface area contributed by atoms with E-state index >= 15 is 0 Å². The molecule has 1 aromatic carbocycles. The van der Waals surface area contributed by atoms with Gasteiger partial charge in [0.05, 0.1) is 11.3 Å². The van der Waals surface area contributed by atoms with Gasteiger partial charge >= 0.3 is 0 Å². The number of rotatable bonds is 2. The molecule has 7 heteroatoms. The zero-order valence-electron chi connectivity index (χ0n) is 20.7. The molecule has 2 aliphatic carbocycles. The molecule has 5 nitrogen and oxygen atoms in total. The fourth-order valence-electron chi connectivity index (χ4n) is 5.61. The SMILES string of the molecule is CC(C)(C)C1CCc2nc3sc(C(=O)Nc4sc5c(c4C#N)CCc4ccccc4-5)c(N)c3cc2C1. The summed E-state index contributed by atoms with van der Waals surface area (Å²) in [6.45, 7) is 6.89. The summed E-state index contributed by atoms with van der Waals surface area (Å²) in [5.41, 5.74) is 13.7. The second kappa shape index (κ2) is 8.43. The van der Waals surface area contributed by atoms with Gasteiger partial charge < -0.3 is 11.1 Å². The van der Waals surface area contributed by atoms with Gasteiger partial charge in [-0.2, -0.15) is 5.26 Å². The molecule has 3 aromatic heterocycles. The number of nitriles is 1. The Morgan fingerprint density at radius 2 is 1.97 bits per heavy atom. The largest absolute Gasteiger partial charge is 0.397 e. The van der Waals surface area contributed by atoms with Crippen molar-refractivity contribution in [2.75, 3.05) is 11.1 Å². The van der Waals surface area contributed by atoms with Crippen LogP contribution in [-0.2, 0) is 25.7 Å².